The zero-order valence-electron chi connectivity index (χ0n) is 32.4. The van der Waals surface area contributed by atoms with Gasteiger partial charge >= 0.3 is 0 Å². The van der Waals surface area contributed by atoms with Gasteiger partial charge in [-0.15, -0.1) is 0 Å². The average molecular weight is 781 g/mol. The summed E-state index contributed by atoms with van der Waals surface area (Å²) in [5.41, 5.74) is 2.76. The third-order valence-corrected chi connectivity index (χ3v) is 15.7. The summed E-state index contributed by atoms with van der Waals surface area (Å²) in [6.45, 7) is 14.9. The molecular weight excluding hydrogens is 724 g/mol. The molecule has 2 saturated heterocycles. The second kappa shape index (κ2) is 15.2. The van der Waals surface area contributed by atoms with Gasteiger partial charge in [0.05, 0.1) is 17.5 Å². The maximum Gasteiger partial charge on any atom is 0.264 e. The molecule has 10 nitrogen and oxygen atoms in total. The number of rotatable bonds is 3. The average Bonchev–Trinajstić information content (AvgIpc) is 3.24. The minimum absolute atomic E-state index is 0.0434. The Morgan fingerprint density at radius 1 is 1.07 bits per heavy atom. The van der Waals surface area contributed by atoms with Gasteiger partial charge in [0.1, 0.15) is 11.4 Å². The maximum atomic E-state index is 13.4. The van der Waals surface area contributed by atoms with Crippen LogP contribution in [0.4, 0.5) is 5.69 Å². The predicted molar refractivity (Wildman–Crippen MR) is 213 cm³/mol. The molecule has 0 unspecified atom stereocenters. The number of amides is 1. The highest BCUT2D eigenvalue weighted by Gasteiger charge is 2.50. The van der Waals surface area contributed by atoms with Crippen LogP contribution in [0.1, 0.15) is 81.3 Å². The molecule has 2 aliphatic carbocycles. The van der Waals surface area contributed by atoms with Crippen LogP contribution in [0.25, 0.3) is 0 Å². The van der Waals surface area contributed by atoms with E-state index in [4.69, 9.17) is 21.1 Å². The molecule has 0 radical (unpaired) electrons. The molecule has 1 amide bonds. The summed E-state index contributed by atoms with van der Waals surface area (Å²) in [5, 5.41) is 3.21. The number of allylic oxidation sites excluding steroid dienone is 1. The molecule has 1 saturated carbocycles. The number of likely N-dealkylation sites (tertiary alicyclic amines) is 1. The van der Waals surface area contributed by atoms with Crippen molar-refractivity contribution in [1.29, 1.82) is 0 Å². The fraction of sp³-hybridized carbons (Fsp3) is 0.619. The number of sulfonamides is 1. The Bertz CT molecular complexity index is 1880. The van der Waals surface area contributed by atoms with Crippen LogP contribution in [0.15, 0.2) is 48.6 Å². The van der Waals surface area contributed by atoms with E-state index in [-0.39, 0.29) is 28.7 Å². The van der Waals surface area contributed by atoms with E-state index in [0.29, 0.717) is 42.3 Å². The zero-order chi connectivity index (χ0) is 38.5. The molecule has 2 bridgehead atoms. The summed E-state index contributed by atoms with van der Waals surface area (Å²) in [7, 11) is -2.41. The Morgan fingerprint density at radius 3 is 2.50 bits per heavy atom. The van der Waals surface area contributed by atoms with Crippen LogP contribution in [0.3, 0.4) is 0 Å². The number of aldehydes is 1. The molecule has 6 aliphatic rings. The van der Waals surface area contributed by atoms with E-state index in [1.807, 2.05) is 25.1 Å². The second-order valence-electron chi connectivity index (χ2n) is 17.3. The standard InChI is InChI=1S/C34H41ClN2O6S.C8H16N2/c1-22-6-4-15-34(20-38,42-3)29-11-8-26(29)18-37-19-33(14-5-7-24-16-27(35)10-12-28(24)33)21-43-31-13-9-25(17-30(31)37)32(39)36-44(40,41)23(22)2;1-7(2)10-5-8(6-10)3-9-4-8/h4,9-10,12-13,15-17,20,22-23,26,29H,5-8,11,14,18-19,21H2,1-3H3,(H,36,39);7,9H,3-6H2,1-2H3/b15-4+;/t22-,23+,26-,29+,33-,34-;/m0./s1. The van der Waals surface area contributed by atoms with Gasteiger partial charge in [-0.2, -0.15) is 0 Å². The monoisotopic (exact) mass is 780 g/mol. The minimum atomic E-state index is -3.97. The normalized spacial score (nSPS) is 33.2. The number of carbonyl (C=O) groups excluding carboxylic acids is 2. The molecule has 4 heterocycles. The van der Waals surface area contributed by atoms with E-state index in [1.165, 1.54) is 37.3 Å². The van der Waals surface area contributed by atoms with Gasteiger partial charge in [-0.05, 0) is 119 Å². The van der Waals surface area contributed by atoms with Crippen LogP contribution < -0.4 is 19.7 Å². The molecular formula is C42H57ClN4O6S. The molecule has 12 heteroatoms. The number of hydrogen-bond acceptors (Lipinski definition) is 9. The number of carbonyl (C=O) groups is 2. The number of methoxy groups -OCH3 is 1. The zero-order valence-corrected chi connectivity index (χ0v) is 34.0. The SMILES string of the molecule is CC(C)N1CC2(CNC2)C1.CO[C@]1(C=O)/C=C/C[C@H](C)[C@@H](C)S(=O)(=O)NC(=O)c2ccc3c(c2)N(C[C@@H]2CC[C@H]21)C[C@@]1(CCCc2cc(Cl)ccc21)CO3. The van der Waals surface area contributed by atoms with Gasteiger partial charge in [-0.3, -0.25) is 14.5 Å². The molecule has 8 rings (SSSR count). The van der Waals surface area contributed by atoms with E-state index in [0.717, 1.165) is 50.1 Å². The van der Waals surface area contributed by atoms with Crippen molar-refractivity contribution in [2.75, 3.05) is 57.9 Å². The lowest BCUT2D eigenvalue weighted by Crippen LogP contribution is -2.72. The first-order chi connectivity index (χ1) is 25.7. The van der Waals surface area contributed by atoms with Crippen molar-refractivity contribution in [3.8, 4) is 5.75 Å². The number of aryl methyl sites for hydroxylation is 1. The van der Waals surface area contributed by atoms with Crippen molar-refractivity contribution < 1.29 is 27.5 Å². The molecule has 6 atom stereocenters. The van der Waals surface area contributed by atoms with Crippen LogP contribution in [0, 0.1) is 23.2 Å². The lowest BCUT2D eigenvalue weighted by atomic mass is 9.64. The van der Waals surface area contributed by atoms with Gasteiger partial charge in [-0.1, -0.05) is 30.7 Å². The highest BCUT2D eigenvalue weighted by molar-refractivity contribution is 7.90. The summed E-state index contributed by atoms with van der Waals surface area (Å²) < 4.78 is 41.3. The highest BCUT2D eigenvalue weighted by atomic mass is 35.5. The van der Waals surface area contributed by atoms with Crippen molar-refractivity contribution in [2.45, 2.75) is 88.5 Å². The summed E-state index contributed by atoms with van der Waals surface area (Å²) in [6.07, 6.45) is 9.65. The lowest BCUT2D eigenvalue weighted by Gasteiger charge is -2.57. The van der Waals surface area contributed by atoms with Gasteiger partial charge in [0.25, 0.3) is 5.91 Å². The Balaban J connectivity index is 0.000000386. The van der Waals surface area contributed by atoms with Crippen molar-refractivity contribution in [1.82, 2.24) is 14.9 Å². The van der Waals surface area contributed by atoms with Crippen molar-refractivity contribution in [2.24, 2.45) is 23.2 Å². The smallest absolute Gasteiger partial charge is 0.264 e. The number of halogens is 1. The van der Waals surface area contributed by atoms with Gasteiger partial charge in [0.2, 0.25) is 10.0 Å². The number of hydrogen-bond donors (Lipinski definition) is 2. The molecule has 294 valence electrons. The van der Waals surface area contributed by atoms with Crippen molar-refractivity contribution >= 4 is 39.5 Å². The van der Waals surface area contributed by atoms with Crippen LogP contribution in [-0.4, -0.2) is 95.4 Å². The largest absolute Gasteiger partial charge is 0.490 e. The third kappa shape index (κ3) is 7.36. The summed E-state index contributed by atoms with van der Waals surface area (Å²) in [4.78, 5) is 30.9. The first-order valence-electron chi connectivity index (χ1n) is 19.7. The van der Waals surface area contributed by atoms with E-state index in [1.54, 1.807) is 32.2 Å². The fourth-order valence-electron chi connectivity index (χ4n) is 9.57. The van der Waals surface area contributed by atoms with E-state index < -0.39 is 26.8 Å². The van der Waals surface area contributed by atoms with E-state index in [9.17, 15) is 18.0 Å². The molecule has 0 aromatic heterocycles. The number of fused-ring (bicyclic) bond motifs is 4. The topological polar surface area (TPSA) is 117 Å². The van der Waals surface area contributed by atoms with Gasteiger partial charge in [-0.25, -0.2) is 13.1 Å². The second-order valence-corrected chi connectivity index (χ2v) is 19.8. The summed E-state index contributed by atoms with van der Waals surface area (Å²) in [6, 6.07) is 12.0. The predicted octanol–water partition coefficient (Wildman–Crippen LogP) is 5.77. The Morgan fingerprint density at radius 2 is 1.85 bits per heavy atom. The molecule has 3 fully saturated rings. The highest BCUT2D eigenvalue weighted by Crippen LogP contribution is 2.48. The fourth-order valence-corrected chi connectivity index (χ4v) is 11.0. The number of ether oxygens (including phenoxy) is 2. The number of nitrogens with zero attached hydrogens (tertiary/aromatic N) is 2. The Hall–Kier alpha value is -2.96. The van der Waals surface area contributed by atoms with Crippen LogP contribution in [0.2, 0.25) is 5.02 Å². The molecule has 2 spiro atoms. The van der Waals surface area contributed by atoms with E-state index in [2.05, 4.69) is 45.8 Å². The molecule has 2 aromatic rings. The van der Waals surface area contributed by atoms with Crippen LogP contribution >= 0.6 is 11.6 Å². The first kappa shape index (κ1) is 39.3. The number of anilines is 1. The summed E-state index contributed by atoms with van der Waals surface area (Å²) >= 11 is 6.40. The number of benzene rings is 2. The van der Waals surface area contributed by atoms with Gasteiger partial charge in [0, 0.05) is 79.8 Å². The van der Waals surface area contributed by atoms with Crippen molar-refractivity contribution in [3.05, 3.63) is 70.3 Å². The lowest BCUT2D eigenvalue weighted by molar-refractivity contribution is -0.135. The molecule has 4 aliphatic heterocycles. The van der Waals surface area contributed by atoms with Gasteiger partial charge < -0.3 is 19.7 Å². The summed E-state index contributed by atoms with van der Waals surface area (Å²) in [5.74, 6) is -0.203. The van der Waals surface area contributed by atoms with Gasteiger partial charge in [0.15, 0.2) is 6.29 Å². The van der Waals surface area contributed by atoms with Crippen LogP contribution in [0.5, 0.6) is 5.75 Å². The van der Waals surface area contributed by atoms with E-state index >= 15 is 0 Å². The Labute approximate surface area is 326 Å². The maximum absolute atomic E-state index is 13.4. The molecule has 2 aromatic carbocycles. The minimum Gasteiger partial charge on any atom is -0.490 e. The van der Waals surface area contributed by atoms with Crippen LogP contribution in [-0.2, 0) is 31.4 Å². The van der Waals surface area contributed by atoms with Crippen molar-refractivity contribution in [3.63, 3.8) is 0 Å². The molecule has 2 N–H and O–H groups in total. The quantitative estimate of drug-likeness (QED) is 0.296. The Kier molecular flexibility index (Phi) is 11.0. The third-order valence-electron chi connectivity index (χ3n) is 13.5. The number of nitrogens with one attached hydrogen (secondary N) is 2. The first-order valence-corrected chi connectivity index (χ1v) is 21.7. The molecule has 54 heavy (non-hydrogen) atoms.